The quantitative estimate of drug-likeness (QED) is 0.836. The topological polar surface area (TPSA) is 68.0 Å². The fourth-order valence-corrected chi connectivity index (χ4v) is 1.81. The molecule has 1 heterocycles. The first-order chi connectivity index (χ1) is 9.12. The van der Waals surface area contributed by atoms with Gasteiger partial charge in [0.2, 0.25) is 0 Å². The molecular formula is C12H14F3N3OS. The number of halogens is 3. The number of carbonyl (C=O) groups is 1. The summed E-state index contributed by atoms with van der Waals surface area (Å²) in [6.45, 7) is 3.62. The van der Waals surface area contributed by atoms with Gasteiger partial charge < -0.3 is 11.1 Å². The maximum Gasteiger partial charge on any atom is 0.417 e. The number of carbonyl (C=O) groups excluding carboxylic acids is 1. The Hall–Kier alpha value is -1.70. The van der Waals surface area contributed by atoms with Gasteiger partial charge in [-0.1, -0.05) is 26.1 Å². The van der Waals surface area contributed by atoms with Crippen molar-refractivity contribution in [3.63, 3.8) is 0 Å². The van der Waals surface area contributed by atoms with Gasteiger partial charge >= 0.3 is 6.18 Å². The normalized spacial score (nSPS) is 13.1. The van der Waals surface area contributed by atoms with E-state index < -0.39 is 23.7 Å². The number of hydrogen-bond donors (Lipinski definition) is 2. The average Bonchev–Trinajstić information content (AvgIpc) is 2.34. The molecule has 1 rings (SSSR count). The number of amides is 1. The molecule has 0 saturated heterocycles. The van der Waals surface area contributed by atoms with E-state index in [1.807, 2.05) is 13.8 Å². The Kier molecular flexibility index (Phi) is 5.04. The SMILES string of the molecule is CC(C)C(NC(=O)c1ccc(C(F)(F)F)cn1)C(N)=S. The van der Waals surface area contributed by atoms with Crippen LogP contribution in [0, 0.1) is 5.92 Å². The molecule has 1 aromatic heterocycles. The molecule has 110 valence electrons. The van der Waals surface area contributed by atoms with Crippen LogP contribution in [-0.4, -0.2) is 21.9 Å². The first-order valence-electron chi connectivity index (χ1n) is 5.76. The fraction of sp³-hybridized carbons (Fsp3) is 0.417. The summed E-state index contributed by atoms with van der Waals surface area (Å²) < 4.78 is 37.1. The molecule has 0 aliphatic rings. The molecular weight excluding hydrogens is 291 g/mol. The summed E-state index contributed by atoms with van der Waals surface area (Å²) in [5, 5.41) is 2.54. The summed E-state index contributed by atoms with van der Waals surface area (Å²) in [4.78, 5) is 15.5. The Balaban J connectivity index is 2.85. The van der Waals surface area contributed by atoms with Crippen molar-refractivity contribution in [2.75, 3.05) is 0 Å². The minimum Gasteiger partial charge on any atom is -0.392 e. The molecule has 20 heavy (non-hydrogen) atoms. The highest BCUT2D eigenvalue weighted by molar-refractivity contribution is 7.80. The van der Waals surface area contributed by atoms with E-state index in [9.17, 15) is 18.0 Å². The van der Waals surface area contributed by atoms with Crippen molar-refractivity contribution < 1.29 is 18.0 Å². The summed E-state index contributed by atoms with van der Waals surface area (Å²) in [6.07, 6.45) is -3.87. The molecule has 0 bridgehead atoms. The predicted octanol–water partition coefficient (Wildman–Crippen LogP) is 2.14. The number of nitrogens with one attached hydrogen (secondary N) is 1. The molecule has 0 fully saturated rings. The minimum absolute atomic E-state index is 0.0362. The Morgan fingerprint density at radius 2 is 2.00 bits per heavy atom. The molecule has 8 heteroatoms. The van der Waals surface area contributed by atoms with Crippen LogP contribution in [0.4, 0.5) is 13.2 Å². The lowest BCUT2D eigenvalue weighted by molar-refractivity contribution is -0.137. The van der Waals surface area contributed by atoms with E-state index in [4.69, 9.17) is 18.0 Å². The van der Waals surface area contributed by atoms with Crippen molar-refractivity contribution in [1.29, 1.82) is 0 Å². The second-order valence-corrected chi connectivity index (χ2v) is 5.00. The van der Waals surface area contributed by atoms with E-state index in [1.54, 1.807) is 0 Å². The van der Waals surface area contributed by atoms with Gasteiger partial charge in [-0.3, -0.25) is 9.78 Å². The van der Waals surface area contributed by atoms with Crippen molar-refractivity contribution in [2.45, 2.75) is 26.1 Å². The van der Waals surface area contributed by atoms with Crippen LogP contribution in [0.3, 0.4) is 0 Å². The van der Waals surface area contributed by atoms with Crippen molar-refractivity contribution in [1.82, 2.24) is 10.3 Å². The van der Waals surface area contributed by atoms with Gasteiger partial charge in [-0.2, -0.15) is 13.2 Å². The number of alkyl halides is 3. The van der Waals surface area contributed by atoms with Crippen LogP contribution < -0.4 is 11.1 Å². The Labute approximate surface area is 119 Å². The largest absolute Gasteiger partial charge is 0.417 e. The number of pyridine rings is 1. The van der Waals surface area contributed by atoms with Gasteiger partial charge in [0.1, 0.15) is 5.69 Å². The summed E-state index contributed by atoms with van der Waals surface area (Å²) in [6, 6.07) is 1.27. The lowest BCUT2D eigenvalue weighted by Crippen LogP contribution is -2.47. The second-order valence-electron chi connectivity index (χ2n) is 4.53. The standard InChI is InChI=1S/C12H14F3N3OS/c1-6(2)9(10(16)20)18-11(19)8-4-3-7(5-17-8)12(13,14)15/h3-6,9H,1-2H3,(H2,16,20)(H,18,19). The van der Waals surface area contributed by atoms with Gasteiger partial charge in [0, 0.05) is 6.20 Å². The summed E-state index contributed by atoms with van der Waals surface area (Å²) in [5.74, 6) is -0.656. The zero-order valence-corrected chi connectivity index (χ0v) is 11.7. The molecule has 1 atom stereocenters. The van der Waals surface area contributed by atoms with Crippen molar-refractivity contribution >= 4 is 23.1 Å². The maximum atomic E-state index is 12.4. The second kappa shape index (κ2) is 6.17. The lowest BCUT2D eigenvalue weighted by Gasteiger charge is -2.20. The highest BCUT2D eigenvalue weighted by atomic mass is 32.1. The van der Waals surface area contributed by atoms with E-state index in [1.165, 1.54) is 0 Å². The Morgan fingerprint density at radius 1 is 1.40 bits per heavy atom. The average molecular weight is 305 g/mol. The van der Waals surface area contributed by atoms with Crippen molar-refractivity contribution in [2.24, 2.45) is 11.7 Å². The van der Waals surface area contributed by atoms with Crippen LogP contribution in [0.25, 0.3) is 0 Å². The summed E-state index contributed by atoms with van der Waals surface area (Å²) >= 11 is 4.83. The summed E-state index contributed by atoms with van der Waals surface area (Å²) in [5.41, 5.74) is 4.45. The Morgan fingerprint density at radius 3 is 2.35 bits per heavy atom. The van der Waals surface area contributed by atoms with Crippen molar-refractivity contribution in [3.8, 4) is 0 Å². The van der Waals surface area contributed by atoms with Gasteiger partial charge in [-0.15, -0.1) is 0 Å². The first kappa shape index (κ1) is 16.4. The molecule has 1 aromatic rings. The van der Waals surface area contributed by atoms with Crippen LogP contribution in [0.2, 0.25) is 0 Å². The van der Waals surface area contributed by atoms with Gasteiger partial charge in [0.05, 0.1) is 16.6 Å². The number of aromatic nitrogens is 1. The zero-order valence-electron chi connectivity index (χ0n) is 10.9. The third-order valence-corrected chi connectivity index (χ3v) is 2.84. The third kappa shape index (κ3) is 4.16. The van der Waals surface area contributed by atoms with Gasteiger partial charge in [-0.05, 0) is 18.1 Å². The molecule has 0 aliphatic heterocycles. The number of nitrogens with zero attached hydrogens (tertiary/aromatic N) is 1. The van der Waals surface area contributed by atoms with E-state index in [2.05, 4.69) is 10.3 Å². The van der Waals surface area contributed by atoms with Crippen LogP contribution >= 0.6 is 12.2 Å². The van der Waals surface area contributed by atoms with Crippen LogP contribution in [-0.2, 0) is 6.18 Å². The van der Waals surface area contributed by atoms with Gasteiger partial charge in [0.15, 0.2) is 0 Å². The number of thiocarbonyl (C=S) groups is 1. The van der Waals surface area contributed by atoms with E-state index in [0.717, 1.165) is 12.1 Å². The lowest BCUT2D eigenvalue weighted by atomic mass is 10.0. The molecule has 4 nitrogen and oxygen atoms in total. The van der Waals surface area contributed by atoms with Crippen LogP contribution in [0.1, 0.15) is 29.9 Å². The highest BCUT2D eigenvalue weighted by Gasteiger charge is 2.31. The molecule has 0 aromatic carbocycles. The van der Waals surface area contributed by atoms with E-state index in [-0.39, 0.29) is 16.6 Å². The van der Waals surface area contributed by atoms with Crippen LogP contribution in [0.15, 0.2) is 18.3 Å². The van der Waals surface area contributed by atoms with E-state index >= 15 is 0 Å². The third-order valence-electron chi connectivity index (χ3n) is 2.58. The number of nitrogens with two attached hydrogens (primary N) is 1. The Bertz CT molecular complexity index is 500. The minimum atomic E-state index is -4.48. The number of rotatable bonds is 4. The fourth-order valence-electron chi connectivity index (χ4n) is 1.48. The molecule has 1 unspecified atom stereocenters. The highest BCUT2D eigenvalue weighted by Crippen LogP contribution is 2.28. The number of hydrogen-bond acceptors (Lipinski definition) is 3. The van der Waals surface area contributed by atoms with Gasteiger partial charge in [0.25, 0.3) is 5.91 Å². The van der Waals surface area contributed by atoms with Crippen LogP contribution in [0.5, 0.6) is 0 Å². The molecule has 1 amide bonds. The molecule has 0 spiro atoms. The van der Waals surface area contributed by atoms with Crippen molar-refractivity contribution in [3.05, 3.63) is 29.6 Å². The zero-order chi connectivity index (χ0) is 15.5. The van der Waals surface area contributed by atoms with Gasteiger partial charge in [-0.25, -0.2) is 0 Å². The summed E-state index contributed by atoms with van der Waals surface area (Å²) in [7, 11) is 0. The first-order valence-corrected chi connectivity index (χ1v) is 6.17. The maximum absolute atomic E-state index is 12.4. The molecule has 0 saturated carbocycles. The van der Waals surface area contributed by atoms with E-state index in [0.29, 0.717) is 6.20 Å². The predicted molar refractivity (Wildman–Crippen MR) is 72.1 cm³/mol. The molecule has 0 aliphatic carbocycles. The molecule has 3 N–H and O–H groups in total. The molecule has 0 radical (unpaired) electrons. The monoisotopic (exact) mass is 305 g/mol. The smallest absolute Gasteiger partial charge is 0.392 e.